The second-order valence-corrected chi connectivity index (χ2v) is 20.3. The monoisotopic (exact) mass is 979 g/mol. The number of allylic oxidation sites excluding steroid dienone is 10. The quantitative estimate of drug-likeness (QED) is 0.0261. The summed E-state index contributed by atoms with van der Waals surface area (Å²) in [5.74, 6) is -0.880. The van der Waals surface area contributed by atoms with Crippen LogP contribution in [0.1, 0.15) is 310 Å². The first-order chi connectivity index (χ1) is 34.5. The van der Waals surface area contributed by atoms with Crippen LogP contribution in [0.3, 0.4) is 0 Å². The number of ether oxygens (including phenoxy) is 3. The third-order valence-electron chi connectivity index (χ3n) is 13.2. The van der Waals surface area contributed by atoms with Gasteiger partial charge >= 0.3 is 17.9 Å². The molecule has 0 aromatic rings. The predicted octanol–water partition coefficient (Wildman–Crippen LogP) is 20.4. The summed E-state index contributed by atoms with van der Waals surface area (Å²) in [4.78, 5) is 38.2. The van der Waals surface area contributed by atoms with Crippen LogP contribution in [-0.2, 0) is 28.6 Å². The third kappa shape index (κ3) is 56.0. The van der Waals surface area contributed by atoms with Gasteiger partial charge in [0.15, 0.2) is 6.10 Å². The summed E-state index contributed by atoms with van der Waals surface area (Å²) in [6.45, 7) is 6.62. The zero-order valence-electron chi connectivity index (χ0n) is 46.5. The van der Waals surface area contributed by atoms with Crippen molar-refractivity contribution in [3.63, 3.8) is 0 Å². The minimum atomic E-state index is -0.780. The molecule has 0 bridgehead atoms. The Balaban J connectivity index is 4.33. The molecule has 0 aliphatic rings. The van der Waals surface area contributed by atoms with E-state index in [2.05, 4.69) is 81.5 Å². The van der Waals surface area contributed by atoms with E-state index in [9.17, 15) is 14.4 Å². The number of unbranched alkanes of at least 4 members (excludes halogenated alkanes) is 34. The largest absolute Gasteiger partial charge is 0.462 e. The number of hydrogen-bond acceptors (Lipinski definition) is 6. The van der Waals surface area contributed by atoms with Crippen molar-refractivity contribution < 1.29 is 28.6 Å². The molecule has 0 aromatic carbocycles. The molecule has 0 aliphatic heterocycles. The van der Waals surface area contributed by atoms with Gasteiger partial charge in [-0.25, -0.2) is 0 Å². The number of carbonyl (C=O) groups excluding carboxylic acids is 3. The molecule has 0 radical (unpaired) electrons. The van der Waals surface area contributed by atoms with Crippen molar-refractivity contribution >= 4 is 17.9 Å². The van der Waals surface area contributed by atoms with Gasteiger partial charge in [-0.2, -0.15) is 0 Å². The molecule has 6 nitrogen and oxygen atoms in total. The predicted molar refractivity (Wildman–Crippen MR) is 302 cm³/mol. The molecule has 0 amide bonds. The van der Waals surface area contributed by atoms with Crippen molar-refractivity contribution in [2.45, 2.75) is 316 Å². The molecule has 6 heteroatoms. The first-order valence-electron chi connectivity index (χ1n) is 30.3. The van der Waals surface area contributed by atoms with Crippen LogP contribution in [0.5, 0.6) is 0 Å². The number of carbonyl (C=O) groups is 3. The molecule has 0 rings (SSSR count). The van der Waals surface area contributed by atoms with E-state index in [1.807, 2.05) is 0 Å². The maximum absolute atomic E-state index is 12.9. The van der Waals surface area contributed by atoms with Crippen molar-refractivity contribution in [3.05, 3.63) is 60.8 Å². The molecule has 1 unspecified atom stereocenters. The van der Waals surface area contributed by atoms with E-state index in [0.717, 1.165) is 89.9 Å². The molecule has 0 spiro atoms. The molecule has 0 fully saturated rings. The summed E-state index contributed by atoms with van der Waals surface area (Å²) in [6.07, 6.45) is 73.5. The Bertz CT molecular complexity index is 1260. The van der Waals surface area contributed by atoms with Crippen LogP contribution in [0.4, 0.5) is 0 Å². The fraction of sp³-hybridized carbons (Fsp3) is 0.797. The summed E-state index contributed by atoms with van der Waals surface area (Å²) in [5.41, 5.74) is 0. The Morgan fingerprint density at radius 2 is 0.514 bits per heavy atom. The van der Waals surface area contributed by atoms with Crippen molar-refractivity contribution in [3.8, 4) is 0 Å². The SMILES string of the molecule is CCCCC/C=C\C/C=C\CCCCCCCCCC(=O)OC(COC(=O)CCCCCCCCCC/C=C\C/C=C\C/C=C\CCCCCCC)COC(=O)CCCCCCCCCCCCCC. The Labute approximate surface area is 434 Å². The summed E-state index contributed by atoms with van der Waals surface area (Å²) in [6, 6.07) is 0. The molecule has 0 aromatic heterocycles. The summed E-state index contributed by atoms with van der Waals surface area (Å²) >= 11 is 0. The van der Waals surface area contributed by atoms with Crippen molar-refractivity contribution in [2.24, 2.45) is 0 Å². The molecule has 1 atom stereocenters. The Morgan fingerprint density at radius 1 is 0.286 bits per heavy atom. The topological polar surface area (TPSA) is 78.9 Å². The van der Waals surface area contributed by atoms with E-state index in [1.165, 1.54) is 180 Å². The molecule has 0 aliphatic carbocycles. The van der Waals surface area contributed by atoms with Crippen molar-refractivity contribution in [2.75, 3.05) is 13.2 Å². The molecular weight excluding hydrogens is 865 g/mol. The lowest BCUT2D eigenvalue weighted by atomic mass is 10.0. The van der Waals surface area contributed by atoms with Gasteiger partial charge in [-0.15, -0.1) is 0 Å². The van der Waals surface area contributed by atoms with Gasteiger partial charge in [-0.1, -0.05) is 261 Å². The van der Waals surface area contributed by atoms with Gasteiger partial charge in [-0.05, 0) is 89.9 Å². The van der Waals surface area contributed by atoms with E-state index >= 15 is 0 Å². The lowest BCUT2D eigenvalue weighted by Crippen LogP contribution is -2.30. The van der Waals surface area contributed by atoms with E-state index in [0.29, 0.717) is 19.3 Å². The van der Waals surface area contributed by atoms with E-state index in [1.54, 1.807) is 0 Å². The number of hydrogen-bond donors (Lipinski definition) is 0. The lowest BCUT2D eigenvalue weighted by Gasteiger charge is -2.18. The van der Waals surface area contributed by atoms with Gasteiger partial charge in [0.2, 0.25) is 0 Å². The average Bonchev–Trinajstić information content (AvgIpc) is 3.36. The van der Waals surface area contributed by atoms with Gasteiger partial charge in [-0.3, -0.25) is 14.4 Å². The standard InChI is InChI=1S/C64H114O6/c1-4-7-10-13-16-19-22-25-27-29-30-31-32-33-34-36-37-39-42-45-48-51-54-57-63(66)69-60-61(59-68-62(65)56-53-50-47-44-41-24-21-18-15-12-9-6-3)70-64(67)58-55-52-49-46-43-40-38-35-28-26-23-20-17-14-11-8-5-2/h17,20,22,25-26,28-30,32-33,61H,4-16,18-19,21,23-24,27,31,34-60H2,1-3H3/b20-17-,25-22-,28-26-,30-29-,33-32-. The molecule has 0 saturated carbocycles. The smallest absolute Gasteiger partial charge is 0.306 e. The minimum Gasteiger partial charge on any atom is -0.462 e. The highest BCUT2D eigenvalue weighted by Crippen LogP contribution is 2.16. The van der Waals surface area contributed by atoms with Crippen LogP contribution >= 0.6 is 0 Å². The maximum atomic E-state index is 12.9. The summed E-state index contributed by atoms with van der Waals surface area (Å²) < 4.78 is 16.9. The molecule has 0 saturated heterocycles. The zero-order chi connectivity index (χ0) is 50.7. The summed E-state index contributed by atoms with van der Waals surface area (Å²) in [7, 11) is 0. The van der Waals surface area contributed by atoms with Gasteiger partial charge in [0.05, 0.1) is 0 Å². The van der Waals surface area contributed by atoms with Gasteiger partial charge in [0, 0.05) is 19.3 Å². The Kier molecular flexibility index (Phi) is 56.3. The highest BCUT2D eigenvalue weighted by atomic mass is 16.6. The van der Waals surface area contributed by atoms with Crippen LogP contribution in [0.15, 0.2) is 60.8 Å². The zero-order valence-corrected chi connectivity index (χ0v) is 46.5. The number of rotatable bonds is 55. The average molecular weight is 980 g/mol. The van der Waals surface area contributed by atoms with Crippen molar-refractivity contribution in [1.29, 1.82) is 0 Å². The lowest BCUT2D eigenvalue weighted by molar-refractivity contribution is -0.167. The van der Waals surface area contributed by atoms with Crippen LogP contribution in [0.25, 0.3) is 0 Å². The Morgan fingerprint density at radius 3 is 0.829 bits per heavy atom. The summed E-state index contributed by atoms with van der Waals surface area (Å²) in [5, 5.41) is 0. The first kappa shape index (κ1) is 67.1. The Hall–Kier alpha value is -2.89. The van der Waals surface area contributed by atoms with Crippen LogP contribution < -0.4 is 0 Å². The molecule has 0 heterocycles. The van der Waals surface area contributed by atoms with Gasteiger partial charge in [0.1, 0.15) is 13.2 Å². The molecule has 406 valence electrons. The minimum absolute atomic E-state index is 0.0773. The fourth-order valence-corrected chi connectivity index (χ4v) is 8.66. The van der Waals surface area contributed by atoms with Crippen LogP contribution in [0, 0.1) is 0 Å². The molecule has 70 heavy (non-hydrogen) atoms. The van der Waals surface area contributed by atoms with E-state index in [-0.39, 0.29) is 31.1 Å². The fourth-order valence-electron chi connectivity index (χ4n) is 8.66. The highest BCUT2D eigenvalue weighted by Gasteiger charge is 2.19. The van der Waals surface area contributed by atoms with Gasteiger partial charge < -0.3 is 14.2 Å². The third-order valence-corrected chi connectivity index (χ3v) is 13.2. The second-order valence-electron chi connectivity index (χ2n) is 20.3. The molecular formula is C64H114O6. The van der Waals surface area contributed by atoms with E-state index in [4.69, 9.17) is 14.2 Å². The first-order valence-corrected chi connectivity index (χ1v) is 30.3. The maximum Gasteiger partial charge on any atom is 0.306 e. The van der Waals surface area contributed by atoms with E-state index < -0.39 is 6.10 Å². The molecule has 0 N–H and O–H groups in total. The van der Waals surface area contributed by atoms with Crippen LogP contribution in [0.2, 0.25) is 0 Å². The second kappa shape index (κ2) is 58.7. The highest BCUT2D eigenvalue weighted by molar-refractivity contribution is 5.71. The van der Waals surface area contributed by atoms with Gasteiger partial charge in [0.25, 0.3) is 0 Å². The van der Waals surface area contributed by atoms with Crippen LogP contribution in [-0.4, -0.2) is 37.2 Å². The normalized spacial score (nSPS) is 12.4. The van der Waals surface area contributed by atoms with Crippen molar-refractivity contribution in [1.82, 2.24) is 0 Å². The number of esters is 3.